The average molecular weight is 341 g/mol. The molecule has 4 nitrogen and oxygen atoms in total. The van der Waals surface area contributed by atoms with E-state index in [4.69, 9.17) is 23.2 Å². The summed E-state index contributed by atoms with van der Waals surface area (Å²) in [5.41, 5.74) is 0. The van der Waals surface area contributed by atoms with Crippen LogP contribution >= 0.6 is 23.2 Å². The van der Waals surface area contributed by atoms with Crippen molar-refractivity contribution in [2.24, 2.45) is 0 Å². The summed E-state index contributed by atoms with van der Waals surface area (Å²) in [6.45, 7) is 0.960. The Bertz CT molecular complexity index is 610. The van der Waals surface area contributed by atoms with Gasteiger partial charge in [0, 0.05) is 19.1 Å². The zero-order valence-electron chi connectivity index (χ0n) is 10.9. The van der Waals surface area contributed by atoms with Gasteiger partial charge in [0.1, 0.15) is 4.90 Å². The summed E-state index contributed by atoms with van der Waals surface area (Å²) in [6.07, 6.45) is 1.55. The second kappa shape index (κ2) is 6.15. The van der Waals surface area contributed by atoms with E-state index in [0.717, 1.165) is 12.8 Å². The second-order valence-electron chi connectivity index (χ2n) is 4.64. The van der Waals surface area contributed by atoms with Gasteiger partial charge in [-0.05, 0) is 32.0 Å². The number of benzene rings is 1. The lowest BCUT2D eigenvalue weighted by atomic mass is 10.2. The molecule has 1 unspecified atom stereocenters. The Morgan fingerprint density at radius 3 is 2.80 bits per heavy atom. The van der Waals surface area contributed by atoms with E-state index in [2.05, 4.69) is 5.32 Å². The van der Waals surface area contributed by atoms with Crippen LogP contribution in [0.5, 0.6) is 0 Å². The van der Waals surface area contributed by atoms with Crippen molar-refractivity contribution in [1.82, 2.24) is 9.62 Å². The predicted octanol–water partition coefficient (Wildman–Crippen LogP) is 2.51. The van der Waals surface area contributed by atoms with Crippen molar-refractivity contribution in [3.63, 3.8) is 0 Å². The van der Waals surface area contributed by atoms with Crippen molar-refractivity contribution >= 4 is 33.2 Å². The fourth-order valence-electron chi connectivity index (χ4n) is 2.40. The number of sulfonamides is 1. The molecule has 0 aromatic heterocycles. The normalized spacial score (nSPS) is 20.5. The maximum Gasteiger partial charge on any atom is 0.244 e. The second-order valence-corrected chi connectivity index (χ2v) is 7.29. The third-order valence-electron chi connectivity index (χ3n) is 3.35. The first kappa shape index (κ1) is 16.0. The van der Waals surface area contributed by atoms with Crippen LogP contribution in [0.1, 0.15) is 12.8 Å². The molecular formula is C12H15Cl2FN2O2S. The molecule has 1 aromatic rings. The Balaban J connectivity index is 2.43. The minimum Gasteiger partial charge on any atom is -0.318 e. The van der Waals surface area contributed by atoms with Crippen molar-refractivity contribution in [3.05, 3.63) is 28.0 Å². The topological polar surface area (TPSA) is 49.4 Å². The highest BCUT2D eigenvalue weighted by atomic mass is 35.5. The maximum atomic E-state index is 13.7. The molecule has 0 spiro atoms. The van der Waals surface area contributed by atoms with Gasteiger partial charge in [-0.2, -0.15) is 4.31 Å². The molecule has 112 valence electrons. The summed E-state index contributed by atoms with van der Waals surface area (Å²) >= 11 is 11.4. The Morgan fingerprint density at radius 1 is 1.45 bits per heavy atom. The van der Waals surface area contributed by atoms with Crippen LogP contribution in [0.4, 0.5) is 4.39 Å². The van der Waals surface area contributed by atoms with Gasteiger partial charge in [-0.3, -0.25) is 0 Å². The highest BCUT2D eigenvalue weighted by molar-refractivity contribution is 7.89. The molecule has 20 heavy (non-hydrogen) atoms. The van der Waals surface area contributed by atoms with Crippen molar-refractivity contribution < 1.29 is 12.8 Å². The third-order valence-corrected chi connectivity index (χ3v) is 6.12. The molecule has 1 heterocycles. The molecule has 0 aliphatic carbocycles. The summed E-state index contributed by atoms with van der Waals surface area (Å²) in [5.74, 6) is -0.904. The van der Waals surface area contributed by atoms with Gasteiger partial charge >= 0.3 is 0 Å². The lowest BCUT2D eigenvalue weighted by Gasteiger charge is -2.24. The minimum atomic E-state index is -3.82. The van der Waals surface area contributed by atoms with Crippen LogP contribution in [0.2, 0.25) is 10.0 Å². The molecule has 0 saturated carbocycles. The molecule has 1 aliphatic heterocycles. The number of nitrogens with one attached hydrogen (secondary N) is 1. The van der Waals surface area contributed by atoms with E-state index in [-0.39, 0.29) is 16.0 Å². The van der Waals surface area contributed by atoms with Gasteiger partial charge in [0.25, 0.3) is 0 Å². The number of hydrogen-bond acceptors (Lipinski definition) is 3. The van der Waals surface area contributed by atoms with Gasteiger partial charge in [0.2, 0.25) is 10.0 Å². The van der Waals surface area contributed by atoms with Crippen LogP contribution in [0.3, 0.4) is 0 Å². The average Bonchev–Trinajstić information content (AvgIpc) is 2.85. The largest absolute Gasteiger partial charge is 0.318 e. The van der Waals surface area contributed by atoms with Crippen molar-refractivity contribution in [3.8, 4) is 0 Å². The molecule has 2 rings (SSSR count). The van der Waals surface area contributed by atoms with E-state index in [1.165, 1.54) is 16.4 Å². The standard InChI is InChI=1S/C12H15Cl2FN2O2S/c1-16-7-8-3-2-6-17(8)20(18,19)10-5-4-9(13)12(15)11(10)14/h4-5,8,16H,2-3,6-7H2,1H3. The molecule has 8 heteroatoms. The monoisotopic (exact) mass is 340 g/mol. The molecule has 1 saturated heterocycles. The molecular weight excluding hydrogens is 326 g/mol. The van der Waals surface area contributed by atoms with E-state index in [9.17, 15) is 12.8 Å². The number of rotatable bonds is 4. The van der Waals surface area contributed by atoms with Crippen LogP contribution in [-0.2, 0) is 10.0 Å². The third kappa shape index (κ3) is 2.80. The minimum absolute atomic E-state index is 0.139. The van der Waals surface area contributed by atoms with Crippen molar-refractivity contribution in [2.45, 2.75) is 23.8 Å². The molecule has 1 atom stereocenters. The molecule has 0 bridgehead atoms. The van der Waals surface area contributed by atoms with E-state index in [1.807, 2.05) is 0 Å². The van der Waals surface area contributed by atoms with Gasteiger partial charge in [-0.25, -0.2) is 12.8 Å². The van der Waals surface area contributed by atoms with Gasteiger partial charge in [0.05, 0.1) is 10.0 Å². The smallest absolute Gasteiger partial charge is 0.244 e. The lowest BCUT2D eigenvalue weighted by molar-refractivity contribution is 0.379. The zero-order valence-corrected chi connectivity index (χ0v) is 13.2. The number of halogens is 3. The number of likely N-dealkylation sites (N-methyl/N-ethyl adjacent to an activating group) is 1. The van der Waals surface area contributed by atoms with E-state index < -0.39 is 20.9 Å². The molecule has 1 aliphatic rings. The Labute approximate surface area is 127 Å². The number of nitrogens with zero attached hydrogens (tertiary/aromatic N) is 1. The van der Waals surface area contributed by atoms with Crippen LogP contribution in [-0.4, -0.2) is 38.9 Å². The summed E-state index contributed by atoms with van der Waals surface area (Å²) in [6, 6.07) is 2.32. The van der Waals surface area contributed by atoms with Crippen LogP contribution in [0.25, 0.3) is 0 Å². The quantitative estimate of drug-likeness (QED) is 0.856. The fourth-order valence-corrected chi connectivity index (χ4v) is 4.81. The highest BCUT2D eigenvalue weighted by Gasteiger charge is 2.36. The molecule has 0 radical (unpaired) electrons. The maximum absolute atomic E-state index is 13.7. The van der Waals surface area contributed by atoms with Crippen LogP contribution < -0.4 is 5.32 Å². The van der Waals surface area contributed by atoms with Gasteiger partial charge in [-0.1, -0.05) is 23.2 Å². The van der Waals surface area contributed by atoms with Crippen LogP contribution in [0.15, 0.2) is 17.0 Å². The summed E-state index contributed by atoms with van der Waals surface area (Å²) in [5, 5.41) is 2.32. The van der Waals surface area contributed by atoms with Crippen molar-refractivity contribution in [1.29, 1.82) is 0 Å². The summed E-state index contributed by atoms with van der Waals surface area (Å²) < 4.78 is 40.3. The van der Waals surface area contributed by atoms with Gasteiger partial charge < -0.3 is 5.32 Å². The molecule has 0 amide bonds. The first-order valence-electron chi connectivity index (χ1n) is 6.19. The van der Waals surface area contributed by atoms with Crippen molar-refractivity contribution in [2.75, 3.05) is 20.1 Å². The Morgan fingerprint density at radius 2 is 2.15 bits per heavy atom. The first-order valence-corrected chi connectivity index (χ1v) is 8.39. The number of hydrogen-bond donors (Lipinski definition) is 1. The lowest BCUT2D eigenvalue weighted by Crippen LogP contribution is -2.40. The van der Waals surface area contributed by atoms with E-state index in [0.29, 0.717) is 13.1 Å². The van der Waals surface area contributed by atoms with Gasteiger partial charge in [0.15, 0.2) is 5.82 Å². The van der Waals surface area contributed by atoms with E-state index in [1.54, 1.807) is 7.05 Å². The first-order chi connectivity index (χ1) is 9.39. The molecule has 1 fully saturated rings. The van der Waals surface area contributed by atoms with E-state index >= 15 is 0 Å². The Hall–Kier alpha value is -0.400. The Kier molecular flexibility index (Phi) is 4.92. The SMILES string of the molecule is CNCC1CCCN1S(=O)(=O)c1ccc(Cl)c(F)c1Cl. The fraction of sp³-hybridized carbons (Fsp3) is 0.500. The zero-order chi connectivity index (χ0) is 14.9. The van der Waals surface area contributed by atoms with Gasteiger partial charge in [-0.15, -0.1) is 0 Å². The predicted molar refractivity (Wildman–Crippen MR) is 77.3 cm³/mol. The molecule has 1 aromatic carbocycles. The van der Waals surface area contributed by atoms with Crippen LogP contribution in [0, 0.1) is 5.82 Å². The summed E-state index contributed by atoms with van der Waals surface area (Å²) in [4.78, 5) is -0.232. The summed E-state index contributed by atoms with van der Waals surface area (Å²) in [7, 11) is -2.06. The highest BCUT2D eigenvalue weighted by Crippen LogP contribution is 2.33. The molecule has 1 N–H and O–H groups in total.